The minimum Gasteiger partial charge on any atom is -0.337 e. The Hall–Kier alpha value is -2.27. The molecule has 5 heteroatoms. The van der Waals surface area contributed by atoms with Gasteiger partial charge in [0.1, 0.15) is 0 Å². The van der Waals surface area contributed by atoms with Gasteiger partial charge in [-0.3, -0.25) is 19.7 Å². The number of amides is 1. The molecule has 0 aromatic carbocycles. The molecule has 0 radical (unpaired) electrons. The van der Waals surface area contributed by atoms with Crippen LogP contribution in [0.25, 0.3) is 0 Å². The third-order valence-electron chi connectivity index (χ3n) is 5.01. The number of pyridine rings is 2. The predicted molar refractivity (Wildman–Crippen MR) is 103 cm³/mol. The Morgan fingerprint density at radius 3 is 2.62 bits per heavy atom. The van der Waals surface area contributed by atoms with Crippen molar-refractivity contribution in [1.29, 1.82) is 0 Å². The van der Waals surface area contributed by atoms with Crippen LogP contribution in [-0.4, -0.2) is 51.9 Å². The van der Waals surface area contributed by atoms with Crippen molar-refractivity contribution in [1.82, 2.24) is 19.8 Å². The lowest BCUT2D eigenvalue weighted by Crippen LogP contribution is -2.35. The highest BCUT2D eigenvalue weighted by molar-refractivity contribution is 5.95. The Balaban J connectivity index is 1.61. The molecule has 0 unspecified atom stereocenters. The summed E-state index contributed by atoms with van der Waals surface area (Å²) in [7, 11) is 0. The highest BCUT2D eigenvalue weighted by atomic mass is 16.2. The number of aryl methyl sites for hydroxylation is 3. The fourth-order valence-electron chi connectivity index (χ4n) is 3.40. The minimum atomic E-state index is 0.0993. The second-order valence-electron chi connectivity index (χ2n) is 7.02. The summed E-state index contributed by atoms with van der Waals surface area (Å²) < 4.78 is 0. The van der Waals surface area contributed by atoms with Gasteiger partial charge in [-0.2, -0.15) is 0 Å². The molecule has 5 nitrogen and oxygen atoms in total. The highest BCUT2D eigenvalue weighted by Gasteiger charge is 2.22. The Morgan fingerprint density at radius 1 is 1.08 bits per heavy atom. The van der Waals surface area contributed by atoms with Crippen LogP contribution in [-0.2, 0) is 13.0 Å². The van der Waals surface area contributed by atoms with Gasteiger partial charge in [0.25, 0.3) is 5.91 Å². The first-order chi connectivity index (χ1) is 12.6. The van der Waals surface area contributed by atoms with Crippen molar-refractivity contribution in [2.75, 3.05) is 26.2 Å². The van der Waals surface area contributed by atoms with Gasteiger partial charge in [0.15, 0.2) is 0 Å². The smallest absolute Gasteiger partial charge is 0.255 e. The molecule has 1 aliphatic heterocycles. The van der Waals surface area contributed by atoms with E-state index in [1.165, 1.54) is 5.56 Å². The standard InChI is InChI=1S/C21H28N4O/c1-4-18-7-8-19(22-14-18)15-24-10-5-11-25(13-12-24)21(26)20-9-6-16(2)23-17(20)3/h6-9,14H,4-5,10-13,15H2,1-3H3. The Bertz CT molecular complexity index is 757. The maximum absolute atomic E-state index is 12.9. The lowest BCUT2D eigenvalue weighted by Gasteiger charge is -2.22. The molecule has 0 atom stereocenters. The molecule has 0 bridgehead atoms. The second kappa shape index (κ2) is 8.41. The summed E-state index contributed by atoms with van der Waals surface area (Å²) in [6.45, 7) is 10.3. The van der Waals surface area contributed by atoms with Crippen molar-refractivity contribution in [2.45, 2.75) is 40.2 Å². The first-order valence-corrected chi connectivity index (χ1v) is 9.46. The van der Waals surface area contributed by atoms with Gasteiger partial charge in [0.2, 0.25) is 0 Å². The molecular formula is C21H28N4O. The Labute approximate surface area is 156 Å². The number of rotatable bonds is 4. The fourth-order valence-corrected chi connectivity index (χ4v) is 3.40. The van der Waals surface area contributed by atoms with Gasteiger partial charge in [-0.05, 0) is 50.5 Å². The van der Waals surface area contributed by atoms with Crippen LogP contribution in [0.5, 0.6) is 0 Å². The van der Waals surface area contributed by atoms with E-state index in [-0.39, 0.29) is 5.91 Å². The molecule has 1 fully saturated rings. The van der Waals surface area contributed by atoms with E-state index in [0.717, 1.165) is 68.2 Å². The normalized spacial score (nSPS) is 15.7. The first-order valence-electron chi connectivity index (χ1n) is 9.46. The van der Waals surface area contributed by atoms with Crippen molar-refractivity contribution in [3.05, 3.63) is 58.7 Å². The Morgan fingerprint density at radius 2 is 1.92 bits per heavy atom. The van der Waals surface area contributed by atoms with E-state index >= 15 is 0 Å². The molecular weight excluding hydrogens is 324 g/mol. The predicted octanol–water partition coefficient (Wildman–Crippen LogP) is 3.00. The van der Waals surface area contributed by atoms with Crippen LogP contribution < -0.4 is 0 Å². The molecule has 0 spiro atoms. The zero-order valence-corrected chi connectivity index (χ0v) is 16.0. The van der Waals surface area contributed by atoms with Gasteiger partial charge in [0.05, 0.1) is 17.0 Å². The summed E-state index contributed by atoms with van der Waals surface area (Å²) in [6.07, 6.45) is 3.97. The van der Waals surface area contributed by atoms with E-state index < -0.39 is 0 Å². The molecule has 138 valence electrons. The van der Waals surface area contributed by atoms with Gasteiger partial charge < -0.3 is 4.90 Å². The molecule has 0 aliphatic carbocycles. The summed E-state index contributed by atoms with van der Waals surface area (Å²) in [5, 5.41) is 0. The average molecular weight is 352 g/mol. The van der Waals surface area contributed by atoms with Crippen LogP contribution in [0.3, 0.4) is 0 Å². The zero-order chi connectivity index (χ0) is 18.5. The summed E-state index contributed by atoms with van der Waals surface area (Å²) in [5.41, 5.74) is 4.85. The van der Waals surface area contributed by atoms with Gasteiger partial charge in [0, 0.05) is 44.6 Å². The summed E-state index contributed by atoms with van der Waals surface area (Å²) >= 11 is 0. The van der Waals surface area contributed by atoms with Crippen molar-refractivity contribution < 1.29 is 4.79 Å². The van der Waals surface area contributed by atoms with Crippen molar-refractivity contribution in [2.24, 2.45) is 0 Å². The van der Waals surface area contributed by atoms with E-state index in [1.54, 1.807) is 0 Å². The van der Waals surface area contributed by atoms with Crippen LogP contribution in [0.1, 0.15) is 46.3 Å². The van der Waals surface area contributed by atoms with Crippen LogP contribution in [0.15, 0.2) is 30.5 Å². The van der Waals surface area contributed by atoms with Gasteiger partial charge >= 0.3 is 0 Å². The maximum Gasteiger partial charge on any atom is 0.255 e. The number of carbonyl (C=O) groups excluding carboxylic acids is 1. The molecule has 0 N–H and O–H groups in total. The van der Waals surface area contributed by atoms with Gasteiger partial charge in [-0.25, -0.2) is 0 Å². The lowest BCUT2D eigenvalue weighted by atomic mass is 10.1. The lowest BCUT2D eigenvalue weighted by molar-refractivity contribution is 0.0760. The molecule has 1 amide bonds. The average Bonchev–Trinajstić information content (AvgIpc) is 2.87. The first kappa shape index (κ1) is 18.5. The molecule has 2 aromatic rings. The number of hydrogen-bond donors (Lipinski definition) is 0. The summed E-state index contributed by atoms with van der Waals surface area (Å²) in [5.74, 6) is 0.0993. The molecule has 1 aliphatic rings. The van der Waals surface area contributed by atoms with Crippen LogP contribution in [0.2, 0.25) is 0 Å². The second-order valence-corrected chi connectivity index (χ2v) is 7.02. The molecule has 2 aromatic heterocycles. The van der Waals surface area contributed by atoms with E-state index in [9.17, 15) is 4.79 Å². The summed E-state index contributed by atoms with van der Waals surface area (Å²) in [4.78, 5) is 26.2. The van der Waals surface area contributed by atoms with Crippen molar-refractivity contribution in [3.63, 3.8) is 0 Å². The van der Waals surface area contributed by atoms with Crippen molar-refractivity contribution >= 4 is 5.91 Å². The number of aromatic nitrogens is 2. The third-order valence-corrected chi connectivity index (χ3v) is 5.01. The van der Waals surface area contributed by atoms with Gasteiger partial charge in [-0.1, -0.05) is 13.0 Å². The monoisotopic (exact) mass is 352 g/mol. The van der Waals surface area contributed by atoms with Crippen molar-refractivity contribution in [3.8, 4) is 0 Å². The largest absolute Gasteiger partial charge is 0.337 e. The number of nitrogens with zero attached hydrogens (tertiary/aromatic N) is 4. The quantitative estimate of drug-likeness (QED) is 0.849. The maximum atomic E-state index is 12.9. The van der Waals surface area contributed by atoms with E-state index in [4.69, 9.17) is 0 Å². The van der Waals surface area contributed by atoms with Crippen LogP contribution in [0.4, 0.5) is 0 Å². The fraction of sp³-hybridized carbons (Fsp3) is 0.476. The highest BCUT2D eigenvalue weighted by Crippen LogP contribution is 2.14. The van der Waals surface area contributed by atoms with E-state index in [0.29, 0.717) is 0 Å². The molecule has 0 saturated carbocycles. The molecule has 3 heterocycles. The number of carbonyl (C=O) groups is 1. The third kappa shape index (κ3) is 4.47. The van der Waals surface area contributed by atoms with Gasteiger partial charge in [-0.15, -0.1) is 0 Å². The van der Waals surface area contributed by atoms with E-state index in [1.807, 2.05) is 37.1 Å². The van der Waals surface area contributed by atoms with Crippen LogP contribution >= 0.6 is 0 Å². The summed E-state index contributed by atoms with van der Waals surface area (Å²) in [6, 6.07) is 8.09. The Kier molecular flexibility index (Phi) is 5.99. The number of hydrogen-bond acceptors (Lipinski definition) is 4. The van der Waals surface area contributed by atoms with E-state index in [2.05, 4.69) is 33.9 Å². The SMILES string of the molecule is CCc1ccc(CN2CCCN(C(=O)c3ccc(C)nc3C)CC2)nc1. The molecule has 1 saturated heterocycles. The zero-order valence-electron chi connectivity index (χ0n) is 16.0. The topological polar surface area (TPSA) is 49.3 Å². The minimum absolute atomic E-state index is 0.0993. The van der Waals surface area contributed by atoms with Crippen LogP contribution in [0, 0.1) is 13.8 Å². The molecule has 3 rings (SSSR count). The molecule has 26 heavy (non-hydrogen) atoms.